The lowest BCUT2D eigenvalue weighted by molar-refractivity contribution is -0.277. The van der Waals surface area contributed by atoms with Crippen molar-refractivity contribution in [1.29, 1.82) is 0 Å². The smallest absolute Gasteiger partial charge is 0.229 e. The van der Waals surface area contributed by atoms with Gasteiger partial charge >= 0.3 is 0 Å². The largest absolute Gasteiger partial charge is 0.462 e. The Balaban J connectivity index is 1.56. The van der Waals surface area contributed by atoms with E-state index < -0.39 is 45.2 Å². The molecule has 1 aliphatic heterocycles. The third-order valence-electron chi connectivity index (χ3n) is 5.22. The van der Waals surface area contributed by atoms with Gasteiger partial charge in [-0.1, -0.05) is 72.8 Å². The molecule has 31 heavy (non-hydrogen) atoms. The molecule has 0 unspecified atom stereocenters. The Hall–Kier alpha value is -2.31. The maximum absolute atomic E-state index is 10.2. The third-order valence-corrected chi connectivity index (χ3v) is 7.67. The van der Waals surface area contributed by atoms with E-state index in [0.717, 1.165) is 5.30 Å². The van der Waals surface area contributed by atoms with E-state index in [4.69, 9.17) is 9.47 Å². The molecular formula is C24H25O6P. The van der Waals surface area contributed by atoms with Crippen LogP contribution in [0.25, 0.3) is 0 Å². The molecule has 0 amide bonds. The van der Waals surface area contributed by atoms with Crippen LogP contribution in [0.1, 0.15) is 0 Å². The molecule has 0 aliphatic carbocycles. The van der Waals surface area contributed by atoms with Crippen molar-refractivity contribution >= 4 is 23.8 Å². The van der Waals surface area contributed by atoms with Crippen LogP contribution in [0.15, 0.2) is 84.9 Å². The molecule has 1 aliphatic rings. The first kappa shape index (κ1) is 21.9. The molecular weight excluding hydrogens is 415 g/mol. The molecule has 5 atom stereocenters. The molecule has 3 aromatic rings. The molecule has 0 aromatic heterocycles. The average molecular weight is 440 g/mol. The summed E-state index contributed by atoms with van der Waals surface area (Å²) in [6, 6.07) is 28.1. The van der Waals surface area contributed by atoms with E-state index in [2.05, 4.69) is 24.3 Å². The second-order valence-electron chi connectivity index (χ2n) is 7.32. The van der Waals surface area contributed by atoms with E-state index in [1.165, 1.54) is 10.6 Å². The second-order valence-corrected chi connectivity index (χ2v) is 9.54. The van der Waals surface area contributed by atoms with Crippen LogP contribution in [0.3, 0.4) is 0 Å². The minimum atomic E-state index is -1.47. The molecule has 162 valence electrons. The minimum absolute atomic E-state index is 0.448. The molecule has 0 bridgehead atoms. The molecule has 3 aromatic carbocycles. The van der Waals surface area contributed by atoms with Gasteiger partial charge in [0, 0.05) is 0 Å². The Morgan fingerprint density at radius 1 is 0.677 bits per heavy atom. The standard InChI is InChI=1S/C24H25O6P/c25-15-20-21(26)22(27)23(28)24(30-20)29-16-11-13-19(14-12-16)31(17-7-3-1-4-8-17)18-9-5-2-6-10-18/h1-14,20-28H,15H2/t20-,21+,22+,23-,24-/m1/s1. The number of aliphatic hydroxyl groups excluding tert-OH is 4. The summed E-state index contributed by atoms with van der Waals surface area (Å²) in [5.74, 6) is 0.448. The van der Waals surface area contributed by atoms with Crippen LogP contribution in [0.2, 0.25) is 0 Å². The van der Waals surface area contributed by atoms with Gasteiger partial charge in [0.15, 0.2) is 0 Å². The highest BCUT2D eigenvalue weighted by Gasteiger charge is 2.44. The van der Waals surface area contributed by atoms with Gasteiger partial charge in [-0.3, -0.25) is 0 Å². The number of hydrogen-bond donors (Lipinski definition) is 4. The van der Waals surface area contributed by atoms with E-state index in [1.807, 2.05) is 48.5 Å². The fourth-order valence-corrected chi connectivity index (χ4v) is 5.86. The van der Waals surface area contributed by atoms with Crippen molar-refractivity contribution in [2.45, 2.75) is 30.7 Å². The van der Waals surface area contributed by atoms with Crippen LogP contribution >= 0.6 is 7.92 Å². The Morgan fingerprint density at radius 2 is 1.19 bits per heavy atom. The summed E-state index contributed by atoms with van der Waals surface area (Å²) in [6.07, 6.45) is -6.54. The fourth-order valence-electron chi connectivity index (χ4n) is 3.57. The summed E-state index contributed by atoms with van der Waals surface area (Å²) in [4.78, 5) is 0. The predicted molar refractivity (Wildman–Crippen MR) is 120 cm³/mol. The normalized spacial score (nSPS) is 26.0. The molecule has 7 heteroatoms. The van der Waals surface area contributed by atoms with E-state index in [-0.39, 0.29) is 0 Å². The quantitative estimate of drug-likeness (QED) is 0.420. The molecule has 4 rings (SSSR count). The summed E-state index contributed by atoms with van der Waals surface area (Å²) in [5.41, 5.74) is 0. The SMILES string of the molecule is OC[C@H]1O[C@@H](Oc2ccc(P(c3ccccc3)c3ccccc3)cc2)[C@H](O)[C@@H](O)[C@H]1O. The highest BCUT2D eigenvalue weighted by molar-refractivity contribution is 7.79. The van der Waals surface area contributed by atoms with Crippen LogP contribution in [0.5, 0.6) is 5.75 Å². The summed E-state index contributed by atoms with van der Waals surface area (Å²) in [5, 5.41) is 43.0. The molecule has 0 radical (unpaired) electrons. The van der Waals surface area contributed by atoms with Crippen LogP contribution < -0.4 is 20.7 Å². The van der Waals surface area contributed by atoms with Crippen molar-refractivity contribution in [3.63, 3.8) is 0 Å². The van der Waals surface area contributed by atoms with E-state index in [9.17, 15) is 20.4 Å². The first-order valence-corrected chi connectivity index (χ1v) is 11.4. The van der Waals surface area contributed by atoms with Crippen molar-refractivity contribution in [3.8, 4) is 5.75 Å². The predicted octanol–water partition coefficient (Wildman–Crippen LogP) is 0.623. The third kappa shape index (κ3) is 4.80. The van der Waals surface area contributed by atoms with Crippen LogP contribution in [0, 0.1) is 0 Å². The average Bonchev–Trinajstić information content (AvgIpc) is 2.82. The molecule has 0 spiro atoms. The Morgan fingerprint density at radius 3 is 1.71 bits per heavy atom. The van der Waals surface area contributed by atoms with Crippen molar-refractivity contribution in [2.24, 2.45) is 0 Å². The van der Waals surface area contributed by atoms with E-state index in [0.29, 0.717) is 5.75 Å². The van der Waals surface area contributed by atoms with Crippen LogP contribution in [0.4, 0.5) is 0 Å². The summed E-state index contributed by atoms with van der Waals surface area (Å²) < 4.78 is 11.1. The molecule has 0 saturated carbocycles. The van der Waals surface area contributed by atoms with Gasteiger partial charge < -0.3 is 29.9 Å². The summed E-state index contributed by atoms with van der Waals surface area (Å²) in [6.45, 7) is -0.498. The molecule has 1 fully saturated rings. The molecule has 1 heterocycles. The lowest BCUT2D eigenvalue weighted by atomic mass is 9.99. The van der Waals surface area contributed by atoms with Crippen molar-refractivity contribution < 1.29 is 29.9 Å². The molecule has 4 N–H and O–H groups in total. The zero-order valence-corrected chi connectivity index (χ0v) is 17.6. The monoisotopic (exact) mass is 440 g/mol. The van der Waals surface area contributed by atoms with Gasteiger partial charge in [-0.15, -0.1) is 0 Å². The summed E-state index contributed by atoms with van der Waals surface area (Å²) >= 11 is 0. The van der Waals surface area contributed by atoms with Gasteiger partial charge in [0.05, 0.1) is 6.61 Å². The Labute approximate surface area is 182 Å². The molecule has 6 nitrogen and oxygen atoms in total. The Kier molecular flexibility index (Phi) is 6.98. The van der Waals surface area contributed by atoms with E-state index in [1.54, 1.807) is 12.1 Å². The number of hydrogen-bond acceptors (Lipinski definition) is 6. The zero-order chi connectivity index (χ0) is 21.8. The topological polar surface area (TPSA) is 99.4 Å². The summed E-state index contributed by atoms with van der Waals surface area (Å²) in [7, 11) is -0.752. The number of aliphatic hydroxyl groups is 4. The van der Waals surface area contributed by atoms with Gasteiger partial charge in [-0.05, 0) is 36.0 Å². The van der Waals surface area contributed by atoms with E-state index >= 15 is 0 Å². The Bertz CT molecular complexity index is 911. The van der Waals surface area contributed by atoms with Crippen molar-refractivity contribution in [2.75, 3.05) is 6.61 Å². The maximum Gasteiger partial charge on any atom is 0.229 e. The number of ether oxygens (including phenoxy) is 2. The fraction of sp³-hybridized carbons (Fsp3) is 0.250. The number of benzene rings is 3. The van der Waals surface area contributed by atoms with Gasteiger partial charge in [0.2, 0.25) is 6.29 Å². The first-order chi connectivity index (χ1) is 15.1. The van der Waals surface area contributed by atoms with Gasteiger partial charge in [0.25, 0.3) is 0 Å². The second kappa shape index (κ2) is 9.88. The number of rotatable bonds is 6. The minimum Gasteiger partial charge on any atom is -0.462 e. The van der Waals surface area contributed by atoms with Gasteiger partial charge in [-0.2, -0.15) is 0 Å². The lowest BCUT2D eigenvalue weighted by Gasteiger charge is -2.39. The first-order valence-electron chi connectivity index (χ1n) is 10.1. The van der Waals surface area contributed by atoms with Crippen LogP contribution in [-0.2, 0) is 4.74 Å². The highest BCUT2D eigenvalue weighted by Crippen LogP contribution is 2.33. The van der Waals surface area contributed by atoms with Crippen molar-refractivity contribution in [3.05, 3.63) is 84.9 Å². The van der Waals surface area contributed by atoms with Crippen molar-refractivity contribution in [1.82, 2.24) is 0 Å². The van der Waals surface area contributed by atoms with Gasteiger partial charge in [-0.25, -0.2) is 0 Å². The maximum atomic E-state index is 10.2. The highest BCUT2D eigenvalue weighted by atomic mass is 31.1. The van der Waals surface area contributed by atoms with Gasteiger partial charge in [0.1, 0.15) is 30.2 Å². The van der Waals surface area contributed by atoms with Crippen LogP contribution in [-0.4, -0.2) is 57.7 Å². The molecule has 1 saturated heterocycles. The zero-order valence-electron chi connectivity index (χ0n) is 16.7. The lowest BCUT2D eigenvalue weighted by Crippen LogP contribution is -2.60.